The standard InChI is InChI=1S/C17H20F3NO3/c18-17(19,20)24-12-7-5-11(6-8-12)16(9-2-10-16)15(22)13-3-1-4-14(13)21-23/h5-8,13,15,22-23H,1-4,9-10H2/b21-14+/t13-,15-/m1/s1. The fraction of sp³-hybridized carbons (Fsp3) is 0.588. The van der Waals surface area contributed by atoms with E-state index in [1.54, 1.807) is 12.1 Å². The van der Waals surface area contributed by atoms with Crippen LogP contribution in [0, 0.1) is 5.92 Å². The molecule has 2 fully saturated rings. The van der Waals surface area contributed by atoms with Gasteiger partial charge in [0.05, 0.1) is 11.8 Å². The number of ether oxygens (including phenoxy) is 1. The molecule has 2 atom stereocenters. The van der Waals surface area contributed by atoms with Gasteiger partial charge in [0.25, 0.3) is 0 Å². The summed E-state index contributed by atoms with van der Waals surface area (Å²) >= 11 is 0. The lowest BCUT2D eigenvalue weighted by molar-refractivity contribution is -0.274. The maximum absolute atomic E-state index is 12.3. The van der Waals surface area contributed by atoms with E-state index in [2.05, 4.69) is 9.89 Å². The molecule has 1 aromatic carbocycles. The molecule has 2 aliphatic rings. The van der Waals surface area contributed by atoms with Gasteiger partial charge in [-0.1, -0.05) is 23.7 Å². The fourth-order valence-electron chi connectivity index (χ4n) is 4.01. The molecule has 0 spiro atoms. The van der Waals surface area contributed by atoms with Gasteiger partial charge in [0.2, 0.25) is 0 Å². The first-order chi connectivity index (χ1) is 11.4. The lowest BCUT2D eigenvalue weighted by Gasteiger charge is -2.48. The van der Waals surface area contributed by atoms with Crippen molar-refractivity contribution in [1.82, 2.24) is 0 Å². The highest BCUT2D eigenvalue weighted by atomic mass is 19.4. The molecule has 2 aliphatic carbocycles. The average molecular weight is 343 g/mol. The maximum Gasteiger partial charge on any atom is 0.573 e. The number of benzene rings is 1. The van der Waals surface area contributed by atoms with E-state index in [4.69, 9.17) is 5.21 Å². The van der Waals surface area contributed by atoms with Crippen molar-refractivity contribution in [2.24, 2.45) is 11.1 Å². The van der Waals surface area contributed by atoms with Gasteiger partial charge >= 0.3 is 6.36 Å². The normalized spacial score (nSPS) is 26.2. The fourth-order valence-corrected chi connectivity index (χ4v) is 4.01. The molecule has 24 heavy (non-hydrogen) atoms. The first-order valence-corrected chi connectivity index (χ1v) is 8.11. The molecule has 2 saturated carbocycles. The van der Waals surface area contributed by atoms with Gasteiger partial charge in [-0.25, -0.2) is 0 Å². The van der Waals surface area contributed by atoms with Crippen molar-refractivity contribution in [2.45, 2.75) is 56.4 Å². The molecule has 0 amide bonds. The summed E-state index contributed by atoms with van der Waals surface area (Å²) in [6, 6.07) is 5.75. The third-order valence-electron chi connectivity index (χ3n) is 5.36. The Balaban J connectivity index is 1.82. The van der Waals surface area contributed by atoms with E-state index in [1.807, 2.05) is 0 Å². The molecule has 3 rings (SSSR count). The Bertz CT molecular complexity index is 609. The average Bonchev–Trinajstić information content (AvgIpc) is 2.94. The van der Waals surface area contributed by atoms with E-state index in [0.29, 0.717) is 12.1 Å². The predicted molar refractivity (Wildman–Crippen MR) is 81.2 cm³/mol. The number of hydrogen-bond acceptors (Lipinski definition) is 4. The van der Waals surface area contributed by atoms with Crippen LogP contribution in [0.25, 0.3) is 0 Å². The van der Waals surface area contributed by atoms with Gasteiger partial charge in [-0.05, 0) is 49.8 Å². The predicted octanol–water partition coefficient (Wildman–Crippen LogP) is 4.00. The molecule has 0 heterocycles. The third-order valence-corrected chi connectivity index (χ3v) is 5.36. The second kappa shape index (κ2) is 6.27. The molecule has 0 saturated heterocycles. The Morgan fingerprint density at radius 1 is 1.17 bits per heavy atom. The van der Waals surface area contributed by atoms with Crippen LogP contribution in [0.4, 0.5) is 13.2 Å². The molecular weight excluding hydrogens is 323 g/mol. The third kappa shape index (κ3) is 3.09. The van der Waals surface area contributed by atoms with Crippen LogP contribution in [-0.4, -0.2) is 28.5 Å². The van der Waals surface area contributed by atoms with Crippen LogP contribution in [0.15, 0.2) is 29.4 Å². The molecule has 1 aromatic rings. The second-order valence-electron chi connectivity index (χ2n) is 6.62. The van der Waals surface area contributed by atoms with E-state index in [1.165, 1.54) is 12.1 Å². The number of nitrogens with zero attached hydrogens (tertiary/aromatic N) is 1. The Morgan fingerprint density at radius 3 is 2.33 bits per heavy atom. The van der Waals surface area contributed by atoms with Gasteiger partial charge in [0.1, 0.15) is 5.75 Å². The molecule has 132 valence electrons. The minimum atomic E-state index is -4.72. The molecule has 7 heteroatoms. The van der Waals surface area contributed by atoms with Gasteiger partial charge in [0, 0.05) is 11.3 Å². The molecule has 0 aromatic heterocycles. The summed E-state index contributed by atoms with van der Waals surface area (Å²) in [4.78, 5) is 0. The van der Waals surface area contributed by atoms with Crippen LogP contribution in [-0.2, 0) is 5.41 Å². The van der Waals surface area contributed by atoms with Crippen molar-refractivity contribution in [3.05, 3.63) is 29.8 Å². The largest absolute Gasteiger partial charge is 0.573 e. The zero-order valence-corrected chi connectivity index (χ0v) is 13.1. The SMILES string of the molecule is O/N=C1\CCC[C@H]1[C@@H](O)C1(c2ccc(OC(F)(F)F)cc2)CCC1. The smallest absolute Gasteiger partial charge is 0.411 e. The van der Waals surface area contributed by atoms with E-state index in [0.717, 1.165) is 37.7 Å². The summed E-state index contributed by atoms with van der Waals surface area (Å²) < 4.78 is 40.7. The van der Waals surface area contributed by atoms with E-state index < -0.39 is 17.9 Å². The van der Waals surface area contributed by atoms with Crippen molar-refractivity contribution in [1.29, 1.82) is 0 Å². The monoisotopic (exact) mass is 343 g/mol. The van der Waals surface area contributed by atoms with Crippen molar-refractivity contribution >= 4 is 5.71 Å². The minimum Gasteiger partial charge on any atom is -0.411 e. The zero-order valence-electron chi connectivity index (χ0n) is 13.1. The topological polar surface area (TPSA) is 62.1 Å². The Kier molecular flexibility index (Phi) is 4.46. The Labute approximate surface area is 137 Å². The molecule has 0 bridgehead atoms. The molecule has 2 N–H and O–H groups in total. The van der Waals surface area contributed by atoms with Crippen molar-refractivity contribution in [2.75, 3.05) is 0 Å². The van der Waals surface area contributed by atoms with Crippen LogP contribution < -0.4 is 4.74 Å². The summed E-state index contributed by atoms with van der Waals surface area (Å²) in [7, 11) is 0. The lowest BCUT2D eigenvalue weighted by atomic mass is 9.58. The number of halogens is 3. The highest BCUT2D eigenvalue weighted by Crippen LogP contribution is 2.50. The van der Waals surface area contributed by atoms with Crippen molar-refractivity contribution in [3.63, 3.8) is 0 Å². The number of aliphatic hydroxyl groups excluding tert-OH is 1. The molecule has 0 aliphatic heterocycles. The summed E-state index contributed by atoms with van der Waals surface area (Å²) in [5.41, 5.74) is 0.938. The summed E-state index contributed by atoms with van der Waals surface area (Å²) in [5, 5.41) is 23.4. The van der Waals surface area contributed by atoms with Crippen LogP contribution in [0.2, 0.25) is 0 Å². The van der Waals surface area contributed by atoms with Crippen molar-refractivity contribution < 1.29 is 28.2 Å². The number of oxime groups is 1. The first-order valence-electron chi connectivity index (χ1n) is 8.11. The highest BCUT2D eigenvalue weighted by molar-refractivity contribution is 5.88. The number of hydrogen-bond donors (Lipinski definition) is 2. The van der Waals surface area contributed by atoms with Gasteiger partial charge in [-0.3, -0.25) is 0 Å². The van der Waals surface area contributed by atoms with Crippen LogP contribution in [0.5, 0.6) is 5.75 Å². The van der Waals surface area contributed by atoms with E-state index in [-0.39, 0.29) is 11.7 Å². The minimum absolute atomic E-state index is 0.193. The summed E-state index contributed by atoms with van der Waals surface area (Å²) in [6.45, 7) is 0. The molecule has 0 radical (unpaired) electrons. The highest BCUT2D eigenvalue weighted by Gasteiger charge is 2.49. The summed E-state index contributed by atoms with van der Waals surface area (Å²) in [5.74, 6) is -0.463. The van der Waals surface area contributed by atoms with E-state index >= 15 is 0 Å². The molecular formula is C17H20F3NO3. The molecule has 4 nitrogen and oxygen atoms in total. The Morgan fingerprint density at radius 2 is 1.83 bits per heavy atom. The maximum atomic E-state index is 12.3. The second-order valence-corrected chi connectivity index (χ2v) is 6.62. The van der Waals surface area contributed by atoms with Gasteiger partial charge in [-0.2, -0.15) is 0 Å². The van der Waals surface area contributed by atoms with Gasteiger partial charge < -0.3 is 15.1 Å². The quantitative estimate of drug-likeness (QED) is 0.642. The first kappa shape index (κ1) is 17.1. The van der Waals surface area contributed by atoms with Crippen LogP contribution >= 0.6 is 0 Å². The van der Waals surface area contributed by atoms with Crippen LogP contribution in [0.3, 0.4) is 0 Å². The molecule has 0 unspecified atom stereocenters. The Hall–Kier alpha value is -1.76. The van der Waals surface area contributed by atoms with Gasteiger partial charge in [-0.15, -0.1) is 13.2 Å². The number of alkyl halides is 3. The lowest BCUT2D eigenvalue weighted by Crippen LogP contribution is -2.50. The zero-order chi connectivity index (χ0) is 17.4. The van der Waals surface area contributed by atoms with E-state index in [9.17, 15) is 18.3 Å². The van der Waals surface area contributed by atoms with Gasteiger partial charge in [0.15, 0.2) is 0 Å². The van der Waals surface area contributed by atoms with Crippen molar-refractivity contribution in [3.8, 4) is 5.75 Å². The number of aliphatic hydroxyl groups is 1. The summed E-state index contributed by atoms with van der Waals surface area (Å²) in [6.07, 6.45) is -0.623. The number of rotatable bonds is 4. The van der Waals surface area contributed by atoms with Crippen LogP contribution in [0.1, 0.15) is 44.1 Å².